The number of allylic oxidation sites excluding steroid dienone is 1. The maximum absolute atomic E-state index is 11.7. The van der Waals surface area contributed by atoms with E-state index >= 15 is 0 Å². The van der Waals surface area contributed by atoms with E-state index in [1.807, 2.05) is 13.8 Å². The highest BCUT2D eigenvalue weighted by atomic mass is 16.5. The minimum Gasteiger partial charge on any atom is -0.488 e. The van der Waals surface area contributed by atoms with Crippen molar-refractivity contribution in [2.45, 2.75) is 38.6 Å². The van der Waals surface area contributed by atoms with Crippen LogP contribution in [-0.2, 0) is 9.53 Å². The highest BCUT2D eigenvalue weighted by Crippen LogP contribution is 2.13. The second-order valence-electron chi connectivity index (χ2n) is 4.09. The molecule has 0 aliphatic carbocycles. The Morgan fingerprint density at radius 3 is 2.93 bits per heavy atom. The molecule has 0 spiro atoms. The van der Waals surface area contributed by atoms with Crippen molar-refractivity contribution in [3.8, 4) is 0 Å². The Kier molecular flexibility index (Phi) is 4.15. The number of ether oxygens (including phenoxy) is 1. The average Bonchev–Trinajstić information content (AvgIpc) is 2.30. The summed E-state index contributed by atoms with van der Waals surface area (Å²) >= 11 is 0. The van der Waals surface area contributed by atoms with Crippen LogP contribution in [0.1, 0.15) is 33.1 Å². The molecule has 86 valence electrons. The number of carbonyl (C=O) groups excluding carboxylic acids is 1. The van der Waals surface area contributed by atoms with Crippen molar-refractivity contribution in [2.24, 2.45) is 0 Å². The first-order chi connectivity index (χ1) is 7.11. The zero-order valence-corrected chi connectivity index (χ0v) is 9.38. The highest BCUT2D eigenvalue weighted by molar-refractivity contribution is 5.92. The van der Waals surface area contributed by atoms with Gasteiger partial charge in [-0.25, -0.2) is 0 Å². The fraction of sp³-hybridized carbons (Fsp3) is 0.727. The van der Waals surface area contributed by atoms with E-state index in [4.69, 9.17) is 9.84 Å². The number of hydrogen-bond donors (Lipinski definition) is 2. The molecule has 0 aromatic carbocycles. The second-order valence-corrected chi connectivity index (χ2v) is 4.09. The predicted molar refractivity (Wildman–Crippen MR) is 57.2 cm³/mol. The summed E-state index contributed by atoms with van der Waals surface area (Å²) in [5.41, 5.74) is -0.557. The third-order valence-electron chi connectivity index (χ3n) is 2.70. The van der Waals surface area contributed by atoms with Crippen molar-refractivity contribution in [3.05, 3.63) is 11.8 Å². The van der Waals surface area contributed by atoms with E-state index in [1.54, 1.807) is 6.08 Å². The van der Waals surface area contributed by atoms with Crippen molar-refractivity contribution in [2.75, 3.05) is 13.2 Å². The summed E-state index contributed by atoms with van der Waals surface area (Å²) in [7, 11) is 0. The molecule has 1 aliphatic rings. The first kappa shape index (κ1) is 12.0. The lowest BCUT2D eigenvalue weighted by Crippen LogP contribution is -2.49. The number of nitrogens with one attached hydrogen (secondary N) is 1. The van der Waals surface area contributed by atoms with Crippen LogP contribution in [0, 0.1) is 0 Å². The number of aliphatic hydroxyl groups is 1. The van der Waals surface area contributed by atoms with E-state index < -0.39 is 5.54 Å². The maximum Gasteiger partial charge on any atom is 0.286 e. The maximum atomic E-state index is 11.7. The van der Waals surface area contributed by atoms with Crippen molar-refractivity contribution < 1.29 is 14.6 Å². The molecule has 4 heteroatoms. The molecule has 1 aliphatic heterocycles. The predicted octanol–water partition coefficient (Wildman–Crippen LogP) is 0.958. The Labute approximate surface area is 90.3 Å². The van der Waals surface area contributed by atoms with Crippen molar-refractivity contribution in [1.82, 2.24) is 5.32 Å². The van der Waals surface area contributed by atoms with Crippen LogP contribution in [0.15, 0.2) is 11.8 Å². The van der Waals surface area contributed by atoms with Gasteiger partial charge in [-0.3, -0.25) is 4.79 Å². The summed E-state index contributed by atoms with van der Waals surface area (Å²) < 4.78 is 5.24. The standard InChI is InChI=1S/C11H19NO3/c1-3-11(2,8-13)12-10(14)9-6-4-5-7-15-9/h6,13H,3-5,7-8H2,1-2H3,(H,12,14)/t11-/m0/s1. The van der Waals surface area contributed by atoms with E-state index in [9.17, 15) is 4.79 Å². The SMILES string of the molecule is CC[C@@](C)(CO)NC(=O)C1=CCCCO1. The topological polar surface area (TPSA) is 58.6 Å². The van der Waals surface area contributed by atoms with Gasteiger partial charge >= 0.3 is 0 Å². The average molecular weight is 213 g/mol. The molecule has 1 amide bonds. The van der Waals surface area contributed by atoms with Gasteiger partial charge in [-0.2, -0.15) is 0 Å². The van der Waals surface area contributed by atoms with Crippen LogP contribution >= 0.6 is 0 Å². The Hall–Kier alpha value is -1.03. The molecule has 0 aromatic heterocycles. The molecule has 0 radical (unpaired) electrons. The molecule has 0 bridgehead atoms. The van der Waals surface area contributed by atoms with Crippen LogP contribution in [0.25, 0.3) is 0 Å². The van der Waals surface area contributed by atoms with Gasteiger partial charge in [0.15, 0.2) is 5.76 Å². The van der Waals surface area contributed by atoms with E-state index in [1.165, 1.54) is 0 Å². The van der Waals surface area contributed by atoms with Crippen molar-refractivity contribution in [1.29, 1.82) is 0 Å². The highest BCUT2D eigenvalue weighted by Gasteiger charge is 2.25. The van der Waals surface area contributed by atoms with Crippen LogP contribution in [0.2, 0.25) is 0 Å². The quantitative estimate of drug-likeness (QED) is 0.731. The number of carbonyl (C=O) groups is 1. The van der Waals surface area contributed by atoms with Gasteiger partial charge in [0.25, 0.3) is 5.91 Å². The summed E-state index contributed by atoms with van der Waals surface area (Å²) in [6.45, 7) is 4.27. The molecule has 15 heavy (non-hydrogen) atoms. The Balaban J connectivity index is 2.57. The third kappa shape index (κ3) is 3.23. The lowest BCUT2D eigenvalue weighted by atomic mass is 10.00. The van der Waals surface area contributed by atoms with Crippen LogP contribution in [0.3, 0.4) is 0 Å². The summed E-state index contributed by atoms with van der Waals surface area (Å²) in [6.07, 6.45) is 4.32. The molecule has 0 saturated heterocycles. The van der Waals surface area contributed by atoms with Crippen LogP contribution in [-0.4, -0.2) is 29.8 Å². The zero-order valence-electron chi connectivity index (χ0n) is 9.38. The molecule has 1 rings (SSSR count). The smallest absolute Gasteiger partial charge is 0.286 e. The molecule has 0 fully saturated rings. The Morgan fingerprint density at radius 1 is 1.73 bits per heavy atom. The zero-order chi connectivity index (χ0) is 11.3. The summed E-state index contributed by atoms with van der Waals surface area (Å²) in [4.78, 5) is 11.7. The van der Waals surface area contributed by atoms with Gasteiger partial charge in [0, 0.05) is 0 Å². The number of aliphatic hydroxyl groups excluding tert-OH is 1. The molecule has 1 atom stereocenters. The molecule has 4 nitrogen and oxygen atoms in total. The van der Waals surface area contributed by atoms with Gasteiger partial charge in [0.1, 0.15) is 0 Å². The number of amides is 1. The van der Waals surface area contributed by atoms with Gasteiger partial charge in [0.2, 0.25) is 0 Å². The minimum absolute atomic E-state index is 0.0669. The molecular weight excluding hydrogens is 194 g/mol. The van der Waals surface area contributed by atoms with E-state index in [0.29, 0.717) is 18.8 Å². The lowest BCUT2D eigenvalue weighted by molar-refractivity contribution is -0.123. The molecule has 0 saturated carbocycles. The minimum atomic E-state index is -0.557. The normalized spacial score (nSPS) is 19.8. The lowest BCUT2D eigenvalue weighted by Gasteiger charge is -2.28. The molecule has 0 aromatic rings. The molecule has 1 heterocycles. The monoisotopic (exact) mass is 213 g/mol. The fourth-order valence-electron chi connectivity index (χ4n) is 1.29. The van der Waals surface area contributed by atoms with Crippen molar-refractivity contribution in [3.63, 3.8) is 0 Å². The first-order valence-corrected chi connectivity index (χ1v) is 5.37. The molecular formula is C11H19NO3. The van der Waals surface area contributed by atoms with Gasteiger partial charge in [-0.05, 0) is 32.3 Å². The van der Waals surface area contributed by atoms with Crippen LogP contribution < -0.4 is 5.32 Å². The van der Waals surface area contributed by atoms with Gasteiger partial charge < -0.3 is 15.2 Å². The number of hydrogen-bond acceptors (Lipinski definition) is 3. The third-order valence-corrected chi connectivity index (χ3v) is 2.70. The summed E-state index contributed by atoms with van der Waals surface area (Å²) in [5, 5.41) is 11.9. The van der Waals surface area contributed by atoms with Gasteiger partial charge in [-0.1, -0.05) is 6.92 Å². The Bertz CT molecular complexity index is 257. The van der Waals surface area contributed by atoms with Gasteiger partial charge in [-0.15, -0.1) is 0 Å². The summed E-state index contributed by atoms with van der Waals surface area (Å²) in [6, 6.07) is 0. The van der Waals surface area contributed by atoms with Crippen LogP contribution in [0.4, 0.5) is 0 Å². The molecule has 2 N–H and O–H groups in total. The molecule has 0 unspecified atom stereocenters. The number of rotatable bonds is 4. The van der Waals surface area contributed by atoms with Crippen molar-refractivity contribution >= 4 is 5.91 Å². The second kappa shape index (κ2) is 5.16. The fourth-order valence-corrected chi connectivity index (χ4v) is 1.29. The van der Waals surface area contributed by atoms with E-state index in [-0.39, 0.29) is 12.5 Å². The van der Waals surface area contributed by atoms with Gasteiger partial charge in [0.05, 0.1) is 18.8 Å². The van der Waals surface area contributed by atoms with Crippen LogP contribution in [0.5, 0.6) is 0 Å². The first-order valence-electron chi connectivity index (χ1n) is 5.37. The Morgan fingerprint density at radius 2 is 2.47 bits per heavy atom. The van der Waals surface area contributed by atoms with E-state index in [0.717, 1.165) is 12.8 Å². The van der Waals surface area contributed by atoms with E-state index in [2.05, 4.69) is 5.32 Å². The largest absolute Gasteiger partial charge is 0.488 e. The summed E-state index contributed by atoms with van der Waals surface area (Å²) in [5.74, 6) is 0.155.